The number of esters is 1. The third kappa shape index (κ3) is 11.1. The summed E-state index contributed by atoms with van der Waals surface area (Å²) in [5.74, 6) is -1.72. The number of aliphatic hydroxyl groups excluding tert-OH is 1. The fraction of sp³-hybridized carbons (Fsp3) is 0.387. The first-order valence-electron chi connectivity index (χ1n) is 13.1. The van der Waals surface area contributed by atoms with Gasteiger partial charge >= 0.3 is 5.97 Å². The van der Waals surface area contributed by atoms with Crippen LogP contribution < -0.4 is 5.32 Å². The molecule has 2 rings (SSSR count). The number of allylic oxidation sites excluding steroid dienone is 2. The number of nitrogens with one attached hydrogen (secondary N) is 1. The van der Waals surface area contributed by atoms with Crippen molar-refractivity contribution in [3.8, 4) is 0 Å². The second-order valence-electron chi connectivity index (χ2n) is 9.16. The Bertz CT molecular complexity index is 1010. The number of ether oxygens (including phenoxy) is 1. The first-order chi connectivity index (χ1) is 18.5. The Morgan fingerprint density at radius 1 is 0.947 bits per heavy atom. The van der Waals surface area contributed by atoms with Crippen molar-refractivity contribution in [3.05, 3.63) is 97.1 Å². The van der Waals surface area contributed by atoms with Crippen LogP contribution in [-0.4, -0.2) is 54.1 Å². The molecule has 2 amide bonds. The van der Waals surface area contributed by atoms with Crippen molar-refractivity contribution in [2.24, 2.45) is 11.8 Å². The van der Waals surface area contributed by atoms with E-state index in [1.807, 2.05) is 60.7 Å². The van der Waals surface area contributed by atoms with Crippen LogP contribution in [0, 0.1) is 11.8 Å². The van der Waals surface area contributed by atoms with Crippen molar-refractivity contribution < 1.29 is 24.2 Å². The summed E-state index contributed by atoms with van der Waals surface area (Å²) in [6.45, 7) is 8.02. The van der Waals surface area contributed by atoms with Crippen LogP contribution in [0.1, 0.15) is 36.8 Å². The van der Waals surface area contributed by atoms with Gasteiger partial charge in [-0.1, -0.05) is 72.8 Å². The Kier molecular flexibility index (Phi) is 14.2. The summed E-state index contributed by atoms with van der Waals surface area (Å²) in [6.07, 6.45) is 5.64. The monoisotopic (exact) mass is 520 g/mol. The molecule has 0 radical (unpaired) electrons. The van der Waals surface area contributed by atoms with Crippen molar-refractivity contribution >= 4 is 17.8 Å². The number of rotatable bonds is 18. The fourth-order valence-corrected chi connectivity index (χ4v) is 4.15. The van der Waals surface area contributed by atoms with Crippen LogP contribution in [-0.2, 0) is 32.1 Å². The normalized spacial score (nSPS) is 12.1. The van der Waals surface area contributed by atoms with Gasteiger partial charge in [-0.15, -0.1) is 13.2 Å². The van der Waals surface area contributed by atoms with Gasteiger partial charge in [0.25, 0.3) is 0 Å². The predicted molar refractivity (Wildman–Crippen MR) is 149 cm³/mol. The zero-order valence-electron chi connectivity index (χ0n) is 22.1. The highest BCUT2D eigenvalue weighted by Crippen LogP contribution is 2.17. The van der Waals surface area contributed by atoms with Crippen LogP contribution >= 0.6 is 0 Å². The molecule has 2 aromatic rings. The van der Waals surface area contributed by atoms with Gasteiger partial charge in [-0.25, -0.2) is 0 Å². The smallest absolute Gasteiger partial charge is 0.309 e. The van der Waals surface area contributed by atoms with E-state index < -0.39 is 5.92 Å². The highest BCUT2D eigenvalue weighted by Gasteiger charge is 2.24. The fourth-order valence-electron chi connectivity index (χ4n) is 4.15. The number of aliphatic hydroxyl groups is 1. The molecule has 38 heavy (non-hydrogen) atoms. The Balaban J connectivity index is 1.86. The standard InChI is InChI=1S/C31H40N2O5/c1-3-5-17-28(22-25-13-8-6-9-14-25)31(37)38-21-18-32-30(36)27(12-4-2)23-29(35)33(19-20-34)24-26-15-10-7-11-16-26/h3-4,6-11,13-16,27-28,34H,1-2,5,12,17-24H2,(H,32,36)/t27-,28+/m0/s1. The Morgan fingerprint density at radius 2 is 1.61 bits per heavy atom. The lowest BCUT2D eigenvalue weighted by Crippen LogP contribution is -2.39. The Labute approximate surface area is 226 Å². The maximum atomic E-state index is 13.0. The molecule has 2 N–H and O–H groups in total. The molecule has 2 atom stereocenters. The number of hydrogen-bond donors (Lipinski definition) is 2. The van der Waals surface area contributed by atoms with Gasteiger partial charge in [0.15, 0.2) is 0 Å². The number of amides is 2. The van der Waals surface area contributed by atoms with Crippen LogP contribution in [0.5, 0.6) is 0 Å². The predicted octanol–water partition coefficient (Wildman–Crippen LogP) is 4.07. The quantitative estimate of drug-likeness (QED) is 0.175. The van der Waals surface area contributed by atoms with E-state index in [2.05, 4.69) is 18.5 Å². The van der Waals surface area contributed by atoms with E-state index in [4.69, 9.17) is 4.74 Å². The summed E-state index contributed by atoms with van der Waals surface area (Å²) < 4.78 is 5.47. The minimum atomic E-state index is -0.605. The molecule has 0 heterocycles. The molecule has 0 bridgehead atoms. The molecule has 0 unspecified atom stereocenters. The summed E-state index contributed by atoms with van der Waals surface area (Å²) in [6, 6.07) is 19.3. The molecular formula is C31H40N2O5. The summed E-state index contributed by atoms with van der Waals surface area (Å²) in [4.78, 5) is 40.1. The molecule has 0 fully saturated rings. The van der Waals surface area contributed by atoms with Gasteiger partial charge in [-0.2, -0.15) is 0 Å². The number of benzene rings is 2. The van der Waals surface area contributed by atoms with E-state index in [0.29, 0.717) is 32.2 Å². The molecule has 0 aliphatic heterocycles. The van der Waals surface area contributed by atoms with E-state index in [9.17, 15) is 19.5 Å². The lowest BCUT2D eigenvalue weighted by molar-refractivity contribution is -0.149. The van der Waals surface area contributed by atoms with Crippen LogP contribution in [0.3, 0.4) is 0 Å². The van der Waals surface area contributed by atoms with Gasteiger partial charge in [0.05, 0.1) is 25.0 Å². The van der Waals surface area contributed by atoms with E-state index in [-0.39, 0.29) is 56.4 Å². The van der Waals surface area contributed by atoms with E-state index >= 15 is 0 Å². The number of nitrogens with zero attached hydrogens (tertiary/aromatic N) is 1. The number of carbonyl (C=O) groups excluding carboxylic acids is 3. The maximum Gasteiger partial charge on any atom is 0.309 e. The zero-order chi connectivity index (χ0) is 27.6. The Hall–Kier alpha value is -3.71. The molecular weight excluding hydrogens is 480 g/mol. The highest BCUT2D eigenvalue weighted by atomic mass is 16.5. The summed E-state index contributed by atoms with van der Waals surface area (Å²) >= 11 is 0. The second kappa shape index (κ2) is 17.7. The molecule has 0 saturated carbocycles. The largest absolute Gasteiger partial charge is 0.464 e. The minimum Gasteiger partial charge on any atom is -0.464 e. The van der Waals surface area contributed by atoms with Gasteiger partial charge in [0.1, 0.15) is 6.61 Å². The molecule has 7 heteroatoms. The third-order valence-electron chi connectivity index (χ3n) is 6.21. The number of carbonyl (C=O) groups is 3. The van der Waals surface area contributed by atoms with Crippen molar-refractivity contribution in [3.63, 3.8) is 0 Å². The molecule has 0 aliphatic rings. The van der Waals surface area contributed by atoms with E-state index in [1.165, 1.54) is 0 Å². The lowest BCUT2D eigenvalue weighted by atomic mass is 9.95. The minimum absolute atomic E-state index is 0.00875. The average molecular weight is 521 g/mol. The van der Waals surface area contributed by atoms with Gasteiger partial charge < -0.3 is 20.1 Å². The molecule has 0 spiro atoms. The van der Waals surface area contributed by atoms with Gasteiger partial charge in [-0.3, -0.25) is 14.4 Å². The van der Waals surface area contributed by atoms with Gasteiger partial charge in [0.2, 0.25) is 11.8 Å². The lowest BCUT2D eigenvalue weighted by Gasteiger charge is -2.24. The number of hydrogen-bond acceptors (Lipinski definition) is 5. The first-order valence-corrected chi connectivity index (χ1v) is 13.1. The summed E-state index contributed by atoms with van der Waals surface area (Å²) in [5, 5.41) is 12.2. The summed E-state index contributed by atoms with van der Waals surface area (Å²) in [5.41, 5.74) is 2.01. The van der Waals surface area contributed by atoms with Gasteiger partial charge in [-0.05, 0) is 36.8 Å². The average Bonchev–Trinajstić information content (AvgIpc) is 2.93. The molecule has 2 aromatic carbocycles. The molecule has 0 saturated heterocycles. The van der Waals surface area contributed by atoms with Crippen LogP contribution in [0.25, 0.3) is 0 Å². The topological polar surface area (TPSA) is 95.9 Å². The van der Waals surface area contributed by atoms with Crippen molar-refractivity contribution in [2.45, 2.75) is 38.6 Å². The highest BCUT2D eigenvalue weighted by molar-refractivity contribution is 5.86. The first kappa shape index (κ1) is 30.5. The molecule has 0 aliphatic carbocycles. The molecule has 204 valence electrons. The van der Waals surface area contributed by atoms with Gasteiger partial charge in [0, 0.05) is 19.5 Å². The van der Waals surface area contributed by atoms with Crippen LogP contribution in [0.4, 0.5) is 0 Å². The zero-order valence-corrected chi connectivity index (χ0v) is 22.1. The van der Waals surface area contributed by atoms with E-state index in [1.54, 1.807) is 17.1 Å². The van der Waals surface area contributed by atoms with Crippen molar-refractivity contribution in [1.29, 1.82) is 0 Å². The second-order valence-corrected chi connectivity index (χ2v) is 9.16. The Morgan fingerprint density at radius 3 is 2.21 bits per heavy atom. The van der Waals surface area contributed by atoms with E-state index in [0.717, 1.165) is 11.1 Å². The van der Waals surface area contributed by atoms with Crippen LogP contribution in [0.2, 0.25) is 0 Å². The van der Waals surface area contributed by atoms with Crippen LogP contribution in [0.15, 0.2) is 86.0 Å². The molecule has 7 nitrogen and oxygen atoms in total. The maximum absolute atomic E-state index is 13.0. The third-order valence-corrected chi connectivity index (χ3v) is 6.21. The summed E-state index contributed by atoms with van der Waals surface area (Å²) in [7, 11) is 0. The van der Waals surface area contributed by atoms with Crippen molar-refractivity contribution in [1.82, 2.24) is 10.2 Å². The van der Waals surface area contributed by atoms with Crippen molar-refractivity contribution in [2.75, 3.05) is 26.3 Å². The SMILES string of the molecule is C=CCC[C@H](Cc1ccccc1)C(=O)OCCNC(=O)[C@@H](CC=C)CC(=O)N(CCO)Cc1ccccc1. The molecule has 0 aromatic heterocycles.